The van der Waals surface area contributed by atoms with Gasteiger partial charge in [0, 0.05) is 4.88 Å². The van der Waals surface area contributed by atoms with Crippen LogP contribution in [-0.4, -0.2) is 24.4 Å². The van der Waals surface area contributed by atoms with Crippen LogP contribution in [0.1, 0.15) is 40.6 Å². The number of halogens is 1. The van der Waals surface area contributed by atoms with Crippen LogP contribution in [0.25, 0.3) is 0 Å². The van der Waals surface area contributed by atoms with E-state index in [1.807, 2.05) is 0 Å². The smallest absolute Gasteiger partial charge is 0.341 e. The fourth-order valence-electron chi connectivity index (χ4n) is 2.18. The molecule has 0 aromatic carbocycles. The quantitative estimate of drug-likeness (QED) is 0.690. The van der Waals surface area contributed by atoms with Gasteiger partial charge in [0.15, 0.2) is 0 Å². The normalized spacial score (nSPS) is 15.5. The van der Waals surface area contributed by atoms with E-state index in [2.05, 4.69) is 5.32 Å². The highest BCUT2D eigenvalue weighted by Gasteiger charge is 2.27. The number of carbonyl (C=O) groups is 2. The molecule has 1 unspecified atom stereocenters. The fourth-order valence-corrected chi connectivity index (χ4v) is 3.52. The van der Waals surface area contributed by atoms with Gasteiger partial charge in [-0.25, -0.2) is 4.79 Å². The van der Waals surface area contributed by atoms with Crippen molar-refractivity contribution < 1.29 is 14.3 Å². The summed E-state index contributed by atoms with van der Waals surface area (Å²) in [6, 6.07) is 0. The number of methoxy groups -OCH3 is 1. The minimum Gasteiger partial charge on any atom is -0.465 e. The zero-order chi connectivity index (χ0) is 14.0. The first kappa shape index (κ1) is 14.3. The molecule has 1 heterocycles. The van der Waals surface area contributed by atoms with Gasteiger partial charge in [-0.2, -0.15) is 0 Å². The first-order valence-corrected chi connectivity index (χ1v) is 7.47. The second-order valence-electron chi connectivity index (χ2n) is 4.51. The summed E-state index contributed by atoms with van der Waals surface area (Å²) in [5.74, 6) is -0.692. The van der Waals surface area contributed by atoms with Crippen LogP contribution in [-0.2, 0) is 22.4 Å². The Hall–Kier alpha value is -1.07. The van der Waals surface area contributed by atoms with Crippen molar-refractivity contribution in [3.05, 3.63) is 16.0 Å². The lowest BCUT2D eigenvalue weighted by Crippen LogP contribution is -2.21. The summed E-state index contributed by atoms with van der Waals surface area (Å²) >= 11 is 7.21. The number of aryl methyl sites for hydroxylation is 1. The van der Waals surface area contributed by atoms with E-state index in [-0.39, 0.29) is 5.91 Å². The molecule has 0 aliphatic heterocycles. The molecule has 2 rings (SSSR count). The highest BCUT2D eigenvalue weighted by Crippen LogP contribution is 2.38. The molecule has 19 heavy (non-hydrogen) atoms. The van der Waals surface area contributed by atoms with E-state index in [1.54, 1.807) is 6.92 Å². The van der Waals surface area contributed by atoms with Crippen LogP contribution in [0.5, 0.6) is 0 Å². The van der Waals surface area contributed by atoms with Crippen LogP contribution in [0.4, 0.5) is 5.00 Å². The lowest BCUT2D eigenvalue weighted by molar-refractivity contribution is -0.115. The molecule has 0 spiro atoms. The third-order valence-electron chi connectivity index (χ3n) is 3.16. The number of hydrogen-bond acceptors (Lipinski definition) is 4. The first-order chi connectivity index (χ1) is 9.04. The first-order valence-electron chi connectivity index (χ1n) is 6.22. The molecular formula is C13H16ClNO3S. The highest BCUT2D eigenvalue weighted by molar-refractivity contribution is 7.17. The predicted octanol–water partition coefficient (Wildman–Crippen LogP) is 2.98. The maximum Gasteiger partial charge on any atom is 0.341 e. The van der Waals surface area contributed by atoms with Crippen LogP contribution >= 0.6 is 22.9 Å². The number of alkyl halides is 1. The maximum absolute atomic E-state index is 11.9. The molecule has 1 aliphatic carbocycles. The summed E-state index contributed by atoms with van der Waals surface area (Å²) in [5.41, 5.74) is 1.54. The summed E-state index contributed by atoms with van der Waals surface area (Å²) in [7, 11) is 1.35. The van der Waals surface area contributed by atoms with Gasteiger partial charge >= 0.3 is 5.97 Å². The van der Waals surface area contributed by atoms with Crippen molar-refractivity contribution in [2.45, 2.75) is 38.0 Å². The highest BCUT2D eigenvalue weighted by atomic mass is 35.5. The summed E-state index contributed by atoms with van der Waals surface area (Å²) in [6.45, 7) is 1.60. The maximum atomic E-state index is 11.9. The number of nitrogens with one attached hydrogen (secondary N) is 1. The molecule has 4 nitrogen and oxygen atoms in total. The summed E-state index contributed by atoms with van der Waals surface area (Å²) in [6.07, 6.45) is 4.00. The topological polar surface area (TPSA) is 55.4 Å². The third-order valence-corrected chi connectivity index (χ3v) is 4.56. The summed E-state index contributed by atoms with van der Waals surface area (Å²) < 4.78 is 4.83. The number of thiophene rings is 1. The minimum absolute atomic E-state index is 0.301. The number of carbonyl (C=O) groups excluding carboxylic acids is 2. The van der Waals surface area contributed by atoms with E-state index in [0.717, 1.165) is 31.2 Å². The molecule has 1 atom stereocenters. The Kier molecular flexibility index (Phi) is 4.47. The van der Waals surface area contributed by atoms with Crippen molar-refractivity contribution in [1.82, 2.24) is 0 Å². The molecule has 1 aliphatic rings. The molecule has 0 saturated heterocycles. The van der Waals surface area contributed by atoms with Gasteiger partial charge in [-0.1, -0.05) is 0 Å². The predicted molar refractivity (Wildman–Crippen MR) is 76.2 cm³/mol. The van der Waals surface area contributed by atoms with Gasteiger partial charge in [0.05, 0.1) is 12.7 Å². The zero-order valence-electron chi connectivity index (χ0n) is 10.9. The molecule has 6 heteroatoms. The van der Waals surface area contributed by atoms with Crippen LogP contribution < -0.4 is 5.32 Å². The summed E-state index contributed by atoms with van der Waals surface area (Å²) in [5, 5.41) is 2.66. The molecule has 0 radical (unpaired) electrons. The van der Waals surface area contributed by atoms with Crippen LogP contribution in [0.2, 0.25) is 0 Å². The lowest BCUT2D eigenvalue weighted by atomic mass is 9.95. The summed E-state index contributed by atoms with van der Waals surface area (Å²) in [4.78, 5) is 24.8. The Balaban J connectivity index is 2.39. The van der Waals surface area contributed by atoms with Crippen molar-refractivity contribution in [1.29, 1.82) is 0 Å². The van der Waals surface area contributed by atoms with Crippen molar-refractivity contribution in [2.24, 2.45) is 0 Å². The Morgan fingerprint density at radius 2 is 2.05 bits per heavy atom. The van der Waals surface area contributed by atoms with E-state index in [9.17, 15) is 9.59 Å². The Bertz CT molecular complexity index is 510. The SMILES string of the molecule is COC(=O)c1c(NC(=O)C(C)Cl)sc2c1CCCC2. The Labute approximate surface area is 121 Å². The minimum atomic E-state index is -0.635. The average Bonchev–Trinajstić information content (AvgIpc) is 2.75. The molecule has 0 fully saturated rings. The van der Waals surface area contributed by atoms with Gasteiger partial charge in [0.2, 0.25) is 5.91 Å². The van der Waals surface area contributed by atoms with Gasteiger partial charge in [-0.05, 0) is 38.2 Å². The van der Waals surface area contributed by atoms with Gasteiger partial charge in [0.1, 0.15) is 10.4 Å². The standard InChI is InChI=1S/C13H16ClNO3S/c1-7(14)11(16)15-12-10(13(17)18-2)8-5-3-4-6-9(8)19-12/h7H,3-6H2,1-2H3,(H,15,16). The second-order valence-corrected chi connectivity index (χ2v) is 6.27. The van der Waals surface area contributed by atoms with E-state index >= 15 is 0 Å². The average molecular weight is 302 g/mol. The van der Waals surface area contributed by atoms with Crippen LogP contribution in [0, 0.1) is 0 Å². The molecule has 0 bridgehead atoms. The zero-order valence-corrected chi connectivity index (χ0v) is 12.5. The molecule has 1 N–H and O–H groups in total. The van der Waals surface area contributed by atoms with Gasteiger partial charge in [-0.15, -0.1) is 22.9 Å². The Morgan fingerprint density at radius 3 is 2.68 bits per heavy atom. The molecule has 1 aromatic heterocycles. The number of fused-ring (bicyclic) bond motifs is 1. The largest absolute Gasteiger partial charge is 0.465 e. The van der Waals surface area contributed by atoms with E-state index in [0.29, 0.717) is 10.6 Å². The lowest BCUT2D eigenvalue weighted by Gasteiger charge is -2.11. The third kappa shape index (κ3) is 2.92. The number of amides is 1. The Morgan fingerprint density at radius 1 is 1.37 bits per heavy atom. The molecule has 0 saturated carbocycles. The number of ether oxygens (including phenoxy) is 1. The number of anilines is 1. The van der Waals surface area contributed by atoms with Gasteiger partial charge in [-0.3, -0.25) is 4.79 Å². The van der Waals surface area contributed by atoms with E-state index in [1.165, 1.54) is 23.3 Å². The van der Waals surface area contributed by atoms with Crippen molar-refractivity contribution >= 4 is 39.8 Å². The van der Waals surface area contributed by atoms with Gasteiger partial charge < -0.3 is 10.1 Å². The van der Waals surface area contributed by atoms with Crippen molar-refractivity contribution in [2.75, 3.05) is 12.4 Å². The van der Waals surface area contributed by atoms with Crippen LogP contribution in [0.3, 0.4) is 0 Å². The van der Waals surface area contributed by atoms with Crippen molar-refractivity contribution in [3.63, 3.8) is 0 Å². The number of rotatable bonds is 3. The monoisotopic (exact) mass is 301 g/mol. The molecule has 104 valence electrons. The fraction of sp³-hybridized carbons (Fsp3) is 0.538. The number of hydrogen-bond donors (Lipinski definition) is 1. The van der Waals surface area contributed by atoms with Crippen LogP contribution in [0.15, 0.2) is 0 Å². The van der Waals surface area contributed by atoms with E-state index < -0.39 is 11.3 Å². The van der Waals surface area contributed by atoms with Crippen molar-refractivity contribution in [3.8, 4) is 0 Å². The van der Waals surface area contributed by atoms with E-state index in [4.69, 9.17) is 16.3 Å². The molecule has 1 amide bonds. The molecule has 1 aromatic rings. The molecular weight excluding hydrogens is 286 g/mol. The second kappa shape index (κ2) is 5.92. The van der Waals surface area contributed by atoms with Gasteiger partial charge in [0.25, 0.3) is 0 Å². The number of esters is 1.